The molecule has 0 radical (unpaired) electrons. The molecule has 1 heterocycles. The molecule has 0 aliphatic carbocycles. The number of carbonyl (C=O) groups is 2. The van der Waals surface area contributed by atoms with Crippen molar-refractivity contribution in [3.63, 3.8) is 0 Å². The van der Waals surface area contributed by atoms with Gasteiger partial charge < -0.3 is 14.6 Å². The van der Waals surface area contributed by atoms with Crippen molar-refractivity contribution in [3.8, 4) is 0 Å². The van der Waals surface area contributed by atoms with E-state index in [1.54, 1.807) is 0 Å². The molecule has 2 aromatic rings. The van der Waals surface area contributed by atoms with E-state index >= 15 is 0 Å². The molecular weight excluding hydrogens is 337 g/mol. The Balaban J connectivity index is 2.18. The van der Waals surface area contributed by atoms with Crippen LogP contribution >= 0.6 is 11.6 Å². The van der Waals surface area contributed by atoms with Gasteiger partial charge in [0.15, 0.2) is 5.76 Å². The summed E-state index contributed by atoms with van der Waals surface area (Å²) in [6, 6.07) is 6.62. The van der Waals surface area contributed by atoms with Gasteiger partial charge in [-0.25, -0.2) is 0 Å². The number of nitrogens with zero attached hydrogens (tertiary/aromatic N) is 1. The first kappa shape index (κ1) is 16.9. The number of hydrogen-bond donors (Lipinski definition) is 1. The van der Waals surface area contributed by atoms with Gasteiger partial charge in [-0.1, -0.05) is 11.6 Å². The number of furan rings is 1. The van der Waals surface area contributed by atoms with Crippen LogP contribution in [0.2, 0.25) is 5.02 Å². The quantitative estimate of drug-likeness (QED) is 0.921. The molecule has 2 rings (SSSR count). The zero-order chi connectivity index (χ0) is 17.2. The maximum Gasteiger partial charge on any atom is 0.471 e. The van der Waals surface area contributed by atoms with Gasteiger partial charge in [0.2, 0.25) is 0 Å². The predicted octanol–water partition coefficient (Wildman–Crippen LogP) is 3.71. The van der Waals surface area contributed by atoms with E-state index in [1.807, 2.05) is 0 Å². The summed E-state index contributed by atoms with van der Waals surface area (Å²) in [5, 5.41) is 2.42. The van der Waals surface area contributed by atoms with Crippen LogP contribution in [0.3, 0.4) is 0 Å². The first-order valence-electron chi connectivity index (χ1n) is 6.19. The highest BCUT2D eigenvalue weighted by Crippen LogP contribution is 2.29. The molecular formula is C14H10ClF3N2O3. The van der Waals surface area contributed by atoms with Gasteiger partial charge in [-0.3, -0.25) is 9.59 Å². The Morgan fingerprint density at radius 2 is 1.96 bits per heavy atom. The number of rotatable bonds is 3. The van der Waals surface area contributed by atoms with Gasteiger partial charge in [-0.05, 0) is 30.3 Å². The van der Waals surface area contributed by atoms with Crippen LogP contribution in [0, 0.1) is 0 Å². The van der Waals surface area contributed by atoms with Crippen LogP contribution in [0.25, 0.3) is 0 Å². The normalized spacial score (nSPS) is 11.2. The third-order valence-corrected chi connectivity index (χ3v) is 3.19. The standard InChI is InChI=1S/C14H10ClF3N2O3/c1-20(13(22)14(16,17)18)8-4-5-10(9(15)7-8)19-12(21)11-3-2-6-23-11/h2-7H,1H3,(H,19,21). The highest BCUT2D eigenvalue weighted by Gasteiger charge is 2.41. The summed E-state index contributed by atoms with van der Waals surface area (Å²) in [6.45, 7) is 0. The fourth-order valence-electron chi connectivity index (χ4n) is 1.71. The molecule has 1 N–H and O–H groups in total. The van der Waals surface area contributed by atoms with Crippen LogP contribution in [-0.2, 0) is 4.79 Å². The molecule has 0 aliphatic heterocycles. The zero-order valence-corrected chi connectivity index (χ0v) is 12.4. The summed E-state index contributed by atoms with van der Waals surface area (Å²) in [5.74, 6) is -2.54. The summed E-state index contributed by atoms with van der Waals surface area (Å²) in [5.41, 5.74) is 0.109. The second kappa shape index (κ2) is 6.33. The van der Waals surface area contributed by atoms with E-state index in [-0.39, 0.29) is 22.2 Å². The smallest absolute Gasteiger partial charge is 0.459 e. The number of halogens is 4. The molecule has 0 fully saturated rings. The lowest BCUT2D eigenvalue weighted by Gasteiger charge is -2.19. The molecule has 0 saturated carbocycles. The number of anilines is 2. The van der Waals surface area contributed by atoms with Gasteiger partial charge in [0.05, 0.1) is 17.0 Å². The third-order valence-electron chi connectivity index (χ3n) is 2.88. The minimum Gasteiger partial charge on any atom is -0.459 e. The van der Waals surface area contributed by atoms with E-state index in [9.17, 15) is 22.8 Å². The van der Waals surface area contributed by atoms with Gasteiger partial charge >= 0.3 is 12.1 Å². The largest absolute Gasteiger partial charge is 0.471 e. The van der Waals surface area contributed by atoms with Gasteiger partial charge in [-0.15, -0.1) is 0 Å². The molecule has 2 amide bonds. The average Bonchev–Trinajstić information content (AvgIpc) is 3.01. The Morgan fingerprint density at radius 3 is 2.48 bits per heavy atom. The maximum absolute atomic E-state index is 12.4. The van der Waals surface area contributed by atoms with Crippen molar-refractivity contribution < 1.29 is 27.2 Å². The van der Waals surface area contributed by atoms with Crippen molar-refractivity contribution >= 4 is 34.8 Å². The SMILES string of the molecule is CN(C(=O)C(F)(F)F)c1ccc(NC(=O)c2ccco2)c(Cl)c1. The second-order valence-electron chi connectivity index (χ2n) is 4.46. The summed E-state index contributed by atoms with van der Waals surface area (Å²) in [4.78, 5) is 23.4. The van der Waals surface area contributed by atoms with E-state index in [0.29, 0.717) is 4.90 Å². The van der Waals surface area contributed by atoms with Gasteiger partial charge in [0.1, 0.15) is 0 Å². The van der Waals surface area contributed by atoms with Crippen LogP contribution in [0.4, 0.5) is 24.5 Å². The minimum absolute atomic E-state index is 0.0239. The molecule has 0 unspecified atom stereocenters. The summed E-state index contributed by atoms with van der Waals surface area (Å²) in [6.07, 6.45) is -3.68. The van der Waals surface area contributed by atoms with Gasteiger partial charge in [0.25, 0.3) is 5.91 Å². The Bertz CT molecular complexity index is 729. The first-order valence-corrected chi connectivity index (χ1v) is 6.57. The molecule has 23 heavy (non-hydrogen) atoms. The maximum atomic E-state index is 12.4. The van der Waals surface area contributed by atoms with Crippen molar-refractivity contribution in [2.24, 2.45) is 0 Å². The van der Waals surface area contributed by atoms with Gasteiger partial charge in [0, 0.05) is 12.7 Å². The fraction of sp³-hybridized carbons (Fsp3) is 0.143. The Hall–Kier alpha value is -2.48. The summed E-state index contributed by atoms with van der Waals surface area (Å²) < 4.78 is 42.1. The van der Waals surface area contributed by atoms with E-state index < -0.39 is 18.0 Å². The molecule has 0 saturated heterocycles. The van der Waals surface area contributed by atoms with Crippen LogP contribution in [0.5, 0.6) is 0 Å². The minimum atomic E-state index is -4.99. The summed E-state index contributed by atoms with van der Waals surface area (Å²) >= 11 is 5.93. The van der Waals surface area contributed by atoms with Crippen molar-refractivity contribution in [3.05, 3.63) is 47.4 Å². The van der Waals surface area contributed by atoms with Crippen molar-refractivity contribution in [2.45, 2.75) is 6.18 Å². The number of nitrogens with one attached hydrogen (secondary N) is 1. The lowest BCUT2D eigenvalue weighted by Crippen LogP contribution is -2.38. The van der Waals surface area contributed by atoms with Crippen molar-refractivity contribution in [1.29, 1.82) is 0 Å². The number of carbonyl (C=O) groups excluding carboxylic acids is 2. The first-order chi connectivity index (χ1) is 10.7. The molecule has 0 spiro atoms. The Labute approximate surface area is 133 Å². The van der Waals surface area contributed by atoms with Crippen LogP contribution in [-0.4, -0.2) is 25.0 Å². The Morgan fingerprint density at radius 1 is 1.26 bits per heavy atom. The van der Waals surface area contributed by atoms with Crippen molar-refractivity contribution in [2.75, 3.05) is 17.3 Å². The third kappa shape index (κ3) is 3.84. The average molecular weight is 347 g/mol. The van der Waals surface area contributed by atoms with E-state index in [2.05, 4.69) is 5.32 Å². The van der Waals surface area contributed by atoms with Gasteiger partial charge in [-0.2, -0.15) is 13.2 Å². The van der Waals surface area contributed by atoms with E-state index in [1.165, 1.54) is 30.5 Å². The molecule has 1 aromatic carbocycles. The Kier molecular flexibility index (Phi) is 4.65. The monoisotopic (exact) mass is 346 g/mol. The highest BCUT2D eigenvalue weighted by atomic mass is 35.5. The lowest BCUT2D eigenvalue weighted by atomic mass is 10.2. The summed E-state index contributed by atoms with van der Waals surface area (Å²) in [7, 11) is 0.975. The molecule has 1 aromatic heterocycles. The predicted molar refractivity (Wildman–Crippen MR) is 77.6 cm³/mol. The van der Waals surface area contributed by atoms with Crippen LogP contribution in [0.1, 0.15) is 10.6 Å². The lowest BCUT2D eigenvalue weighted by molar-refractivity contribution is -0.170. The number of hydrogen-bond acceptors (Lipinski definition) is 3. The molecule has 122 valence electrons. The molecule has 9 heteroatoms. The molecule has 0 aliphatic rings. The second-order valence-corrected chi connectivity index (χ2v) is 4.86. The molecule has 0 bridgehead atoms. The van der Waals surface area contributed by atoms with Crippen molar-refractivity contribution in [1.82, 2.24) is 0 Å². The highest BCUT2D eigenvalue weighted by molar-refractivity contribution is 6.34. The number of benzene rings is 1. The molecule has 5 nitrogen and oxygen atoms in total. The number of amides is 2. The zero-order valence-electron chi connectivity index (χ0n) is 11.6. The molecule has 0 atom stereocenters. The topological polar surface area (TPSA) is 62.6 Å². The van der Waals surface area contributed by atoms with E-state index in [0.717, 1.165) is 13.1 Å². The number of alkyl halides is 3. The fourth-order valence-corrected chi connectivity index (χ4v) is 1.94. The van der Waals surface area contributed by atoms with E-state index in [4.69, 9.17) is 16.0 Å². The van der Waals surface area contributed by atoms with Crippen LogP contribution < -0.4 is 10.2 Å². The van der Waals surface area contributed by atoms with Crippen LogP contribution in [0.15, 0.2) is 41.0 Å².